The van der Waals surface area contributed by atoms with Crippen molar-refractivity contribution in [2.24, 2.45) is 0 Å². The third-order valence-electron chi connectivity index (χ3n) is 1.99. The van der Waals surface area contributed by atoms with Crippen molar-refractivity contribution >= 4 is 10.0 Å². The normalized spacial score (nSPS) is 16.9. The van der Waals surface area contributed by atoms with E-state index in [-0.39, 0.29) is 11.1 Å². The van der Waals surface area contributed by atoms with Gasteiger partial charge in [0.25, 0.3) is 10.0 Å². The van der Waals surface area contributed by atoms with E-state index in [1.807, 2.05) is 0 Å². The van der Waals surface area contributed by atoms with Crippen molar-refractivity contribution in [1.29, 1.82) is 0 Å². The zero-order valence-electron chi connectivity index (χ0n) is 7.77. The Hall–Kier alpha value is -1.01. The Labute approximate surface area is 82.6 Å². The molecule has 0 atom stereocenters. The van der Waals surface area contributed by atoms with E-state index in [1.165, 1.54) is 12.4 Å². The van der Waals surface area contributed by atoms with Gasteiger partial charge in [-0.25, -0.2) is 18.1 Å². The van der Waals surface area contributed by atoms with Crippen molar-refractivity contribution in [2.75, 3.05) is 0 Å². The minimum atomic E-state index is -3.45. The third-order valence-corrected chi connectivity index (χ3v) is 3.54. The van der Waals surface area contributed by atoms with Gasteiger partial charge in [0, 0.05) is 18.4 Å². The van der Waals surface area contributed by atoms with Crippen LogP contribution >= 0.6 is 0 Å². The SMILES string of the molecule is Cc1nccnc1S(=O)(=O)NC1CC1. The molecule has 6 heteroatoms. The number of hydrogen-bond acceptors (Lipinski definition) is 4. The molecular formula is C8H11N3O2S. The molecule has 0 spiro atoms. The van der Waals surface area contributed by atoms with E-state index >= 15 is 0 Å². The minimum Gasteiger partial charge on any atom is -0.257 e. The summed E-state index contributed by atoms with van der Waals surface area (Å²) >= 11 is 0. The quantitative estimate of drug-likeness (QED) is 0.780. The van der Waals surface area contributed by atoms with Crippen LogP contribution in [0.4, 0.5) is 0 Å². The summed E-state index contributed by atoms with van der Waals surface area (Å²) in [4.78, 5) is 7.71. The number of rotatable bonds is 3. The molecule has 0 aliphatic heterocycles. The van der Waals surface area contributed by atoms with Crippen molar-refractivity contribution in [1.82, 2.24) is 14.7 Å². The van der Waals surface area contributed by atoms with Crippen LogP contribution in [0.5, 0.6) is 0 Å². The molecule has 5 nitrogen and oxygen atoms in total. The summed E-state index contributed by atoms with van der Waals surface area (Å²) in [5, 5.41) is 0.0342. The molecular weight excluding hydrogens is 202 g/mol. The molecule has 0 amide bonds. The van der Waals surface area contributed by atoms with Crippen LogP contribution < -0.4 is 4.72 Å². The van der Waals surface area contributed by atoms with Gasteiger partial charge in [0.1, 0.15) is 0 Å². The highest BCUT2D eigenvalue weighted by Crippen LogP contribution is 2.21. The van der Waals surface area contributed by atoms with Gasteiger partial charge < -0.3 is 0 Å². The number of aromatic nitrogens is 2. The van der Waals surface area contributed by atoms with Crippen LogP contribution in [0.3, 0.4) is 0 Å². The average molecular weight is 213 g/mol. The Balaban J connectivity index is 2.33. The molecule has 14 heavy (non-hydrogen) atoms. The predicted octanol–water partition coefficient (Wildman–Crippen LogP) is 0.226. The third kappa shape index (κ3) is 1.91. The van der Waals surface area contributed by atoms with Gasteiger partial charge in [-0.05, 0) is 19.8 Å². The molecule has 0 aromatic carbocycles. The Morgan fingerprint density at radius 3 is 2.57 bits per heavy atom. The second kappa shape index (κ2) is 3.29. The largest absolute Gasteiger partial charge is 0.260 e. The van der Waals surface area contributed by atoms with Crippen molar-refractivity contribution in [3.05, 3.63) is 18.1 Å². The van der Waals surface area contributed by atoms with Gasteiger partial charge >= 0.3 is 0 Å². The van der Waals surface area contributed by atoms with Crippen LogP contribution in [0.2, 0.25) is 0 Å². The highest BCUT2D eigenvalue weighted by atomic mass is 32.2. The van der Waals surface area contributed by atoms with Crippen molar-refractivity contribution in [3.8, 4) is 0 Å². The molecule has 1 heterocycles. The Kier molecular flexibility index (Phi) is 2.24. The maximum Gasteiger partial charge on any atom is 0.260 e. The molecule has 0 bridgehead atoms. The number of nitrogens with zero attached hydrogens (tertiary/aromatic N) is 2. The molecule has 76 valence electrons. The monoisotopic (exact) mass is 213 g/mol. The van der Waals surface area contributed by atoms with Gasteiger partial charge in [-0.15, -0.1) is 0 Å². The Bertz CT molecular complexity index is 440. The van der Waals surface area contributed by atoms with Crippen LogP contribution in [0.1, 0.15) is 18.5 Å². The molecule has 2 rings (SSSR count). The van der Waals surface area contributed by atoms with Crippen molar-refractivity contribution in [2.45, 2.75) is 30.8 Å². The molecule has 1 fully saturated rings. The molecule has 0 unspecified atom stereocenters. The summed E-state index contributed by atoms with van der Waals surface area (Å²) < 4.78 is 25.9. The van der Waals surface area contributed by atoms with E-state index in [0.29, 0.717) is 5.69 Å². The first-order chi connectivity index (χ1) is 6.59. The molecule has 0 saturated heterocycles. The number of aryl methyl sites for hydroxylation is 1. The standard InChI is InChI=1S/C8H11N3O2S/c1-6-8(10-5-4-9-6)14(12,13)11-7-2-3-7/h4-5,7,11H,2-3H2,1H3. The van der Waals surface area contributed by atoms with E-state index in [0.717, 1.165) is 12.8 Å². The van der Waals surface area contributed by atoms with Gasteiger partial charge in [0.2, 0.25) is 0 Å². The maximum absolute atomic E-state index is 11.7. The van der Waals surface area contributed by atoms with Gasteiger partial charge in [-0.3, -0.25) is 4.98 Å². The van der Waals surface area contributed by atoms with Gasteiger partial charge in [-0.2, -0.15) is 0 Å². The lowest BCUT2D eigenvalue weighted by molar-refractivity contribution is 0.575. The Morgan fingerprint density at radius 1 is 1.36 bits per heavy atom. The molecule has 1 aromatic heterocycles. The zero-order chi connectivity index (χ0) is 10.2. The Morgan fingerprint density at radius 2 is 2.00 bits per heavy atom. The lowest BCUT2D eigenvalue weighted by atomic mass is 10.5. The molecule has 1 aliphatic rings. The molecule has 0 radical (unpaired) electrons. The fraction of sp³-hybridized carbons (Fsp3) is 0.500. The fourth-order valence-corrected chi connectivity index (χ4v) is 2.56. The van der Waals surface area contributed by atoms with Gasteiger partial charge in [0.15, 0.2) is 5.03 Å². The van der Waals surface area contributed by atoms with E-state index < -0.39 is 10.0 Å². The predicted molar refractivity (Wildman–Crippen MR) is 50.1 cm³/mol. The second-order valence-corrected chi connectivity index (χ2v) is 4.97. The summed E-state index contributed by atoms with van der Waals surface area (Å²) in [6.45, 7) is 1.63. The van der Waals surface area contributed by atoms with E-state index in [2.05, 4.69) is 14.7 Å². The summed E-state index contributed by atoms with van der Waals surface area (Å²) in [6, 6.07) is 0.0985. The zero-order valence-corrected chi connectivity index (χ0v) is 8.58. The first kappa shape index (κ1) is 9.54. The van der Waals surface area contributed by atoms with Crippen LogP contribution in [0.25, 0.3) is 0 Å². The van der Waals surface area contributed by atoms with Gasteiger partial charge in [-0.1, -0.05) is 0 Å². The van der Waals surface area contributed by atoms with E-state index in [9.17, 15) is 8.42 Å². The van der Waals surface area contributed by atoms with Crippen molar-refractivity contribution in [3.63, 3.8) is 0 Å². The first-order valence-electron chi connectivity index (χ1n) is 4.39. The van der Waals surface area contributed by atoms with E-state index in [4.69, 9.17) is 0 Å². The molecule has 1 aromatic rings. The lowest BCUT2D eigenvalue weighted by Crippen LogP contribution is -2.27. The number of nitrogens with one attached hydrogen (secondary N) is 1. The van der Waals surface area contributed by atoms with Gasteiger partial charge in [0.05, 0.1) is 5.69 Å². The van der Waals surface area contributed by atoms with E-state index in [1.54, 1.807) is 6.92 Å². The second-order valence-electron chi connectivity index (χ2n) is 3.34. The highest BCUT2D eigenvalue weighted by Gasteiger charge is 2.29. The average Bonchev–Trinajstić information content (AvgIpc) is 2.88. The summed E-state index contributed by atoms with van der Waals surface area (Å²) in [7, 11) is -3.45. The molecule has 1 N–H and O–H groups in total. The topological polar surface area (TPSA) is 72.0 Å². The number of sulfonamides is 1. The van der Waals surface area contributed by atoms with Crippen molar-refractivity contribution < 1.29 is 8.42 Å². The molecule has 1 saturated carbocycles. The first-order valence-corrected chi connectivity index (χ1v) is 5.88. The number of hydrogen-bond donors (Lipinski definition) is 1. The smallest absolute Gasteiger partial charge is 0.257 e. The lowest BCUT2D eigenvalue weighted by Gasteiger charge is -2.05. The molecule has 1 aliphatic carbocycles. The summed E-state index contributed by atoms with van der Waals surface area (Å²) in [6.07, 6.45) is 4.69. The van der Waals surface area contributed by atoms with Crippen LogP contribution in [0.15, 0.2) is 17.4 Å². The highest BCUT2D eigenvalue weighted by molar-refractivity contribution is 7.89. The fourth-order valence-electron chi connectivity index (χ4n) is 1.14. The maximum atomic E-state index is 11.7. The minimum absolute atomic E-state index is 0.0342. The summed E-state index contributed by atoms with van der Waals surface area (Å²) in [5.74, 6) is 0. The van der Waals surface area contributed by atoms with Crippen LogP contribution in [0, 0.1) is 6.92 Å². The van der Waals surface area contributed by atoms with Crippen LogP contribution in [-0.2, 0) is 10.0 Å². The summed E-state index contributed by atoms with van der Waals surface area (Å²) in [5.41, 5.74) is 0.431. The van der Waals surface area contributed by atoms with Crippen LogP contribution in [-0.4, -0.2) is 24.4 Å².